The Hall–Kier alpha value is -1.55. The summed E-state index contributed by atoms with van der Waals surface area (Å²) in [7, 11) is 0. The highest BCUT2D eigenvalue weighted by atomic mass is 35.5. The Labute approximate surface area is 182 Å². The van der Waals surface area contributed by atoms with Gasteiger partial charge in [0.1, 0.15) is 0 Å². The number of anilines is 1. The zero-order chi connectivity index (χ0) is 20.1. The largest absolute Gasteiger partial charge is 0.344 e. The second kappa shape index (κ2) is 9.78. The molecule has 148 valence electrons. The molecule has 1 aromatic heterocycles. The first-order valence-electron chi connectivity index (χ1n) is 9.72. The maximum Gasteiger partial charge on any atom is 0.186 e. The van der Waals surface area contributed by atoms with Crippen LogP contribution in [0.25, 0.3) is 11.3 Å². The van der Waals surface area contributed by atoms with Crippen LogP contribution in [0.3, 0.4) is 0 Å². The van der Waals surface area contributed by atoms with Crippen molar-refractivity contribution in [3.63, 3.8) is 0 Å². The molecule has 0 radical (unpaired) electrons. The van der Waals surface area contributed by atoms with Gasteiger partial charge in [-0.3, -0.25) is 0 Å². The van der Waals surface area contributed by atoms with Gasteiger partial charge in [-0.15, -0.1) is 11.3 Å². The summed E-state index contributed by atoms with van der Waals surface area (Å²) >= 11 is 14.2. The molecule has 3 rings (SSSR count). The van der Waals surface area contributed by atoms with E-state index in [9.17, 15) is 0 Å². The molecular formula is C23H26Cl2N2S. The highest BCUT2D eigenvalue weighted by Crippen LogP contribution is 2.37. The first kappa shape index (κ1) is 21.2. The predicted molar refractivity (Wildman–Crippen MR) is 124 cm³/mol. The van der Waals surface area contributed by atoms with E-state index in [2.05, 4.69) is 56.0 Å². The molecule has 2 nitrogen and oxygen atoms in total. The van der Waals surface area contributed by atoms with E-state index < -0.39 is 0 Å². The number of benzene rings is 2. The number of aromatic nitrogens is 1. The van der Waals surface area contributed by atoms with Gasteiger partial charge in [-0.25, -0.2) is 4.98 Å². The van der Waals surface area contributed by atoms with Crippen LogP contribution in [0.1, 0.15) is 37.6 Å². The second-order valence-corrected chi connectivity index (χ2v) is 9.28. The van der Waals surface area contributed by atoms with E-state index in [0.29, 0.717) is 16.0 Å². The van der Waals surface area contributed by atoms with E-state index in [1.165, 1.54) is 10.4 Å². The van der Waals surface area contributed by atoms with Crippen LogP contribution < -0.4 is 4.90 Å². The molecule has 0 bridgehead atoms. The lowest BCUT2D eigenvalue weighted by atomic mass is 10.0. The van der Waals surface area contributed by atoms with Crippen LogP contribution in [0.4, 0.5) is 5.13 Å². The van der Waals surface area contributed by atoms with Gasteiger partial charge < -0.3 is 4.90 Å². The number of halogens is 2. The van der Waals surface area contributed by atoms with Crippen molar-refractivity contribution >= 4 is 39.7 Å². The molecular weight excluding hydrogens is 407 g/mol. The third kappa shape index (κ3) is 5.28. The van der Waals surface area contributed by atoms with Gasteiger partial charge >= 0.3 is 0 Å². The van der Waals surface area contributed by atoms with E-state index in [1.807, 2.05) is 18.2 Å². The summed E-state index contributed by atoms with van der Waals surface area (Å²) < 4.78 is 0. The van der Waals surface area contributed by atoms with Crippen LogP contribution in [0.5, 0.6) is 0 Å². The molecule has 0 aliphatic rings. The Morgan fingerprint density at radius 2 is 1.79 bits per heavy atom. The van der Waals surface area contributed by atoms with E-state index >= 15 is 0 Å². The molecule has 0 saturated heterocycles. The highest BCUT2D eigenvalue weighted by molar-refractivity contribution is 7.16. The fourth-order valence-corrected chi connectivity index (χ4v) is 4.79. The van der Waals surface area contributed by atoms with Gasteiger partial charge in [-0.1, -0.05) is 80.4 Å². The summed E-state index contributed by atoms with van der Waals surface area (Å²) in [6.45, 7) is 8.53. The molecule has 0 N–H and O–H groups in total. The van der Waals surface area contributed by atoms with Crippen LogP contribution >= 0.6 is 34.5 Å². The lowest BCUT2D eigenvalue weighted by molar-refractivity contribution is 0.654. The topological polar surface area (TPSA) is 16.1 Å². The van der Waals surface area contributed by atoms with Gasteiger partial charge in [0.15, 0.2) is 5.13 Å². The number of rotatable bonds is 8. The van der Waals surface area contributed by atoms with Crippen LogP contribution in [0.15, 0.2) is 48.5 Å². The maximum absolute atomic E-state index is 6.28. The Morgan fingerprint density at radius 1 is 1.04 bits per heavy atom. The first-order chi connectivity index (χ1) is 13.5. The average Bonchev–Trinajstić information content (AvgIpc) is 3.07. The molecule has 0 fully saturated rings. The van der Waals surface area contributed by atoms with Gasteiger partial charge in [-0.2, -0.15) is 0 Å². The van der Waals surface area contributed by atoms with Crippen molar-refractivity contribution in [1.29, 1.82) is 0 Å². The summed E-state index contributed by atoms with van der Waals surface area (Å²) in [6, 6.07) is 16.4. The van der Waals surface area contributed by atoms with Crippen molar-refractivity contribution in [3.05, 3.63) is 69.0 Å². The summed E-state index contributed by atoms with van der Waals surface area (Å²) in [5.74, 6) is 0.559. The molecule has 0 spiro atoms. The second-order valence-electron chi connectivity index (χ2n) is 7.40. The van der Waals surface area contributed by atoms with Gasteiger partial charge in [0.2, 0.25) is 0 Å². The number of hydrogen-bond acceptors (Lipinski definition) is 3. The minimum atomic E-state index is 0.559. The van der Waals surface area contributed by atoms with Gasteiger partial charge in [-0.05, 0) is 36.5 Å². The third-order valence-electron chi connectivity index (χ3n) is 4.45. The van der Waals surface area contributed by atoms with Crippen LogP contribution in [-0.2, 0) is 13.0 Å². The first-order valence-corrected chi connectivity index (χ1v) is 11.3. The van der Waals surface area contributed by atoms with Crippen molar-refractivity contribution in [1.82, 2.24) is 4.98 Å². The zero-order valence-corrected chi connectivity index (χ0v) is 18.9. The van der Waals surface area contributed by atoms with Crippen LogP contribution in [0, 0.1) is 5.92 Å². The minimum Gasteiger partial charge on any atom is -0.344 e. The predicted octanol–water partition coefficient (Wildman–Crippen LogP) is 7.73. The fourth-order valence-electron chi connectivity index (χ4n) is 3.17. The molecule has 1 heterocycles. The Morgan fingerprint density at radius 3 is 2.43 bits per heavy atom. The quantitative estimate of drug-likeness (QED) is 0.361. The number of thiazole rings is 1. The number of hydrogen-bond donors (Lipinski definition) is 0. The molecule has 28 heavy (non-hydrogen) atoms. The van der Waals surface area contributed by atoms with Crippen molar-refractivity contribution in [2.24, 2.45) is 5.92 Å². The lowest BCUT2D eigenvalue weighted by Gasteiger charge is -2.21. The van der Waals surface area contributed by atoms with Crippen LogP contribution in [-0.4, -0.2) is 11.5 Å². The summed E-state index contributed by atoms with van der Waals surface area (Å²) in [4.78, 5) is 8.75. The smallest absolute Gasteiger partial charge is 0.186 e. The van der Waals surface area contributed by atoms with Crippen molar-refractivity contribution < 1.29 is 0 Å². The summed E-state index contributed by atoms with van der Waals surface area (Å²) in [6.07, 6.45) is 2.08. The Balaban J connectivity index is 1.99. The molecule has 0 aliphatic carbocycles. The van der Waals surface area contributed by atoms with Crippen molar-refractivity contribution in [2.75, 3.05) is 11.4 Å². The summed E-state index contributed by atoms with van der Waals surface area (Å²) in [5, 5.41) is 2.21. The van der Waals surface area contributed by atoms with E-state index in [0.717, 1.165) is 42.3 Å². The minimum absolute atomic E-state index is 0.559. The average molecular weight is 433 g/mol. The van der Waals surface area contributed by atoms with Gasteiger partial charge in [0, 0.05) is 23.5 Å². The maximum atomic E-state index is 6.28. The Kier molecular flexibility index (Phi) is 7.39. The molecule has 5 heteroatoms. The highest BCUT2D eigenvalue weighted by Gasteiger charge is 2.19. The van der Waals surface area contributed by atoms with Crippen molar-refractivity contribution in [2.45, 2.75) is 40.2 Å². The SMILES string of the molecule is CCCN(Cc1ccccc1)c1nc(-c2ccc(Cl)c(Cl)c2)c(CC(C)C)s1. The van der Waals surface area contributed by atoms with Gasteiger partial charge in [0.05, 0.1) is 15.7 Å². The van der Waals surface area contributed by atoms with E-state index in [-0.39, 0.29) is 0 Å². The van der Waals surface area contributed by atoms with E-state index in [4.69, 9.17) is 28.2 Å². The van der Waals surface area contributed by atoms with Gasteiger partial charge in [0.25, 0.3) is 0 Å². The molecule has 3 aromatic rings. The Bertz CT molecular complexity index is 906. The van der Waals surface area contributed by atoms with Crippen LogP contribution in [0.2, 0.25) is 10.0 Å². The lowest BCUT2D eigenvalue weighted by Crippen LogP contribution is -2.23. The molecule has 2 aromatic carbocycles. The number of nitrogens with zero attached hydrogens (tertiary/aromatic N) is 2. The zero-order valence-electron chi connectivity index (χ0n) is 16.6. The molecule has 0 aliphatic heterocycles. The molecule has 0 unspecified atom stereocenters. The monoisotopic (exact) mass is 432 g/mol. The normalized spacial score (nSPS) is 11.2. The molecule has 0 saturated carbocycles. The molecule has 0 atom stereocenters. The standard InChI is InChI=1S/C23H26Cl2N2S/c1-4-12-27(15-17-8-6-5-7-9-17)23-26-22(21(28-23)13-16(2)3)18-10-11-19(24)20(25)14-18/h5-11,14,16H,4,12-13,15H2,1-3H3. The fraction of sp³-hybridized carbons (Fsp3) is 0.348. The third-order valence-corrected chi connectivity index (χ3v) is 6.33. The van der Waals surface area contributed by atoms with Crippen molar-refractivity contribution in [3.8, 4) is 11.3 Å². The summed E-state index contributed by atoms with van der Waals surface area (Å²) in [5.41, 5.74) is 3.36. The molecule has 0 amide bonds. The van der Waals surface area contributed by atoms with E-state index in [1.54, 1.807) is 11.3 Å².